The first-order valence-corrected chi connectivity index (χ1v) is 7.38. The molecule has 1 saturated heterocycles. The van der Waals surface area contributed by atoms with Crippen LogP contribution in [0.25, 0.3) is 5.57 Å². The number of allylic oxidation sites excluding steroid dienone is 1. The van der Waals surface area contributed by atoms with Crippen LogP contribution in [0.5, 0.6) is 0 Å². The van der Waals surface area contributed by atoms with Crippen molar-refractivity contribution in [1.82, 2.24) is 0 Å². The van der Waals surface area contributed by atoms with E-state index in [0.29, 0.717) is 5.56 Å². The summed E-state index contributed by atoms with van der Waals surface area (Å²) in [4.78, 5) is 0. The summed E-state index contributed by atoms with van der Waals surface area (Å²) in [5.41, 5.74) is -1.58. The van der Waals surface area contributed by atoms with E-state index < -0.39 is 24.0 Å². The van der Waals surface area contributed by atoms with Crippen molar-refractivity contribution in [2.75, 3.05) is 0 Å². The average Bonchev–Trinajstić information content (AvgIpc) is 2.59. The van der Waals surface area contributed by atoms with Gasteiger partial charge >= 0.3 is 7.12 Å². The highest BCUT2D eigenvalue weighted by Gasteiger charge is 2.53. The van der Waals surface area contributed by atoms with E-state index in [9.17, 15) is 9.65 Å². The summed E-state index contributed by atoms with van der Waals surface area (Å²) in [6, 6.07) is 8.81. The first kappa shape index (κ1) is 16.2. The highest BCUT2D eigenvalue weighted by molar-refractivity contribution is 9.10. The topological polar surface area (TPSA) is 42.2 Å². The molecule has 3 nitrogen and oxygen atoms in total. The molecule has 1 aliphatic heterocycles. The Balaban J connectivity index is 2.41. The summed E-state index contributed by atoms with van der Waals surface area (Å²) in [5.74, 6) is 0. The van der Waals surface area contributed by atoms with E-state index >= 15 is 0 Å². The minimum atomic E-state index is -1.16. The van der Waals surface area contributed by atoms with Crippen LogP contribution in [0.2, 0.25) is 0 Å². The molecule has 0 bridgehead atoms. The molecule has 1 fully saturated rings. The van der Waals surface area contributed by atoms with Gasteiger partial charge in [0.1, 0.15) is 11.8 Å². The molecule has 0 atom stereocenters. The van der Waals surface area contributed by atoms with Crippen LogP contribution in [0.1, 0.15) is 33.3 Å². The van der Waals surface area contributed by atoms with Gasteiger partial charge in [0.05, 0.1) is 16.8 Å². The minimum Gasteiger partial charge on any atom is -0.398 e. The van der Waals surface area contributed by atoms with Crippen LogP contribution < -0.4 is 0 Å². The van der Waals surface area contributed by atoms with Crippen molar-refractivity contribution in [3.63, 3.8) is 0 Å². The van der Waals surface area contributed by atoms with Gasteiger partial charge in [0.2, 0.25) is 0 Å². The lowest BCUT2D eigenvalue weighted by Gasteiger charge is -2.32. The predicted octanol–water partition coefficient (Wildman–Crippen LogP) is 4.28. The number of nitriles is 1. The average molecular weight is 352 g/mol. The number of benzene rings is 1. The Morgan fingerprint density at radius 2 is 1.81 bits per heavy atom. The molecule has 2 rings (SSSR count). The molecule has 0 N–H and O–H groups in total. The largest absolute Gasteiger partial charge is 0.526 e. The molecule has 21 heavy (non-hydrogen) atoms. The highest BCUT2D eigenvalue weighted by atomic mass is 79.9. The first-order valence-electron chi connectivity index (χ1n) is 6.59. The van der Waals surface area contributed by atoms with Crippen molar-refractivity contribution < 1.29 is 13.7 Å². The Kier molecular flexibility index (Phi) is 4.30. The first-order chi connectivity index (χ1) is 9.68. The number of halogens is 2. The van der Waals surface area contributed by atoms with Crippen molar-refractivity contribution in [3.8, 4) is 6.07 Å². The molecule has 0 radical (unpaired) electrons. The van der Waals surface area contributed by atoms with Crippen LogP contribution in [0, 0.1) is 11.3 Å². The second kappa shape index (κ2) is 5.56. The maximum absolute atomic E-state index is 14.7. The van der Waals surface area contributed by atoms with Gasteiger partial charge in [0.25, 0.3) is 0 Å². The Morgan fingerprint density at radius 1 is 1.24 bits per heavy atom. The van der Waals surface area contributed by atoms with E-state index in [2.05, 4.69) is 15.9 Å². The summed E-state index contributed by atoms with van der Waals surface area (Å²) in [6.07, 6.45) is 0. The number of nitrogens with zero attached hydrogens (tertiary/aromatic N) is 1. The molecule has 0 aromatic heterocycles. The van der Waals surface area contributed by atoms with Gasteiger partial charge in [-0.25, -0.2) is 4.39 Å². The lowest BCUT2D eigenvalue weighted by molar-refractivity contribution is 0.00578. The van der Waals surface area contributed by atoms with Gasteiger partial charge in [-0.3, -0.25) is 0 Å². The fraction of sp³-hybridized carbons (Fsp3) is 0.400. The quantitative estimate of drug-likeness (QED) is 0.589. The van der Waals surface area contributed by atoms with E-state index in [1.807, 2.05) is 39.8 Å². The molecule has 0 spiro atoms. The Bertz CT molecular complexity index is 621. The van der Waals surface area contributed by atoms with Gasteiger partial charge in [-0.2, -0.15) is 5.26 Å². The smallest absolute Gasteiger partial charge is 0.398 e. The van der Waals surface area contributed by atoms with Gasteiger partial charge in [-0.15, -0.1) is 0 Å². The molecular formula is C15H16BBrFNO2. The zero-order valence-electron chi connectivity index (χ0n) is 12.4. The van der Waals surface area contributed by atoms with Crippen molar-refractivity contribution >= 4 is 28.6 Å². The van der Waals surface area contributed by atoms with Crippen molar-refractivity contribution in [2.45, 2.75) is 38.9 Å². The van der Waals surface area contributed by atoms with Crippen LogP contribution >= 0.6 is 15.9 Å². The SMILES string of the molecule is CC1(C)OB(C(F)=C(C#N)c2cccc(Br)c2)OC1(C)C. The van der Waals surface area contributed by atoms with Crippen LogP contribution in [0.3, 0.4) is 0 Å². The van der Waals surface area contributed by atoms with E-state index in [-0.39, 0.29) is 5.57 Å². The summed E-state index contributed by atoms with van der Waals surface area (Å²) >= 11 is 3.31. The molecule has 0 saturated carbocycles. The van der Waals surface area contributed by atoms with E-state index in [4.69, 9.17) is 9.31 Å². The number of hydrogen-bond donors (Lipinski definition) is 0. The van der Waals surface area contributed by atoms with Gasteiger partial charge < -0.3 is 9.31 Å². The lowest BCUT2D eigenvalue weighted by atomic mass is 9.83. The molecular weight excluding hydrogens is 336 g/mol. The summed E-state index contributed by atoms with van der Waals surface area (Å²) in [7, 11) is -1.16. The van der Waals surface area contributed by atoms with Crippen molar-refractivity contribution in [2.24, 2.45) is 0 Å². The lowest BCUT2D eigenvalue weighted by Crippen LogP contribution is -2.41. The van der Waals surface area contributed by atoms with Crippen LogP contribution in [0.4, 0.5) is 4.39 Å². The molecule has 0 unspecified atom stereocenters. The normalized spacial score (nSPS) is 20.9. The van der Waals surface area contributed by atoms with Crippen LogP contribution in [-0.4, -0.2) is 18.3 Å². The Hall–Kier alpha value is -1.16. The van der Waals surface area contributed by atoms with Gasteiger partial charge in [-0.05, 0) is 45.4 Å². The maximum Gasteiger partial charge on any atom is 0.526 e. The van der Waals surface area contributed by atoms with Crippen molar-refractivity contribution in [3.05, 3.63) is 40.0 Å². The molecule has 0 aliphatic carbocycles. The Labute approximate surface area is 133 Å². The standard InChI is InChI=1S/C15H16BBrFNO2/c1-14(2)15(3,4)21-16(20-14)13(18)12(9-19)10-6-5-7-11(17)8-10/h5-8H,1-4H3. The third kappa shape index (κ3) is 3.05. The molecule has 1 aromatic rings. The van der Waals surface area contributed by atoms with E-state index in [1.165, 1.54) is 0 Å². The van der Waals surface area contributed by atoms with Crippen LogP contribution in [0.15, 0.2) is 34.5 Å². The van der Waals surface area contributed by atoms with Crippen molar-refractivity contribution in [1.29, 1.82) is 5.26 Å². The number of hydrogen-bond acceptors (Lipinski definition) is 3. The maximum atomic E-state index is 14.7. The highest BCUT2D eigenvalue weighted by Crippen LogP contribution is 2.40. The monoisotopic (exact) mass is 351 g/mol. The molecule has 1 heterocycles. The van der Waals surface area contributed by atoms with Crippen LogP contribution in [-0.2, 0) is 9.31 Å². The summed E-state index contributed by atoms with van der Waals surface area (Å²) in [5, 5.41) is 9.29. The molecule has 110 valence electrons. The Morgan fingerprint density at radius 3 is 2.29 bits per heavy atom. The molecule has 0 amide bonds. The summed E-state index contributed by atoms with van der Waals surface area (Å²) < 4.78 is 26.7. The second-order valence-corrected chi connectivity index (χ2v) is 6.85. The van der Waals surface area contributed by atoms with E-state index in [0.717, 1.165) is 4.47 Å². The third-order valence-corrected chi connectivity index (χ3v) is 4.42. The summed E-state index contributed by atoms with van der Waals surface area (Å²) in [6.45, 7) is 7.35. The minimum absolute atomic E-state index is 0.0743. The van der Waals surface area contributed by atoms with Gasteiger partial charge in [0, 0.05) is 4.47 Å². The fourth-order valence-corrected chi connectivity index (χ4v) is 2.36. The second-order valence-electron chi connectivity index (χ2n) is 5.93. The number of rotatable bonds is 2. The zero-order valence-corrected chi connectivity index (χ0v) is 14.0. The predicted molar refractivity (Wildman–Crippen MR) is 83.9 cm³/mol. The molecule has 1 aliphatic rings. The fourth-order valence-electron chi connectivity index (χ4n) is 1.96. The van der Waals surface area contributed by atoms with Gasteiger partial charge in [-0.1, -0.05) is 28.1 Å². The molecule has 6 heteroatoms. The van der Waals surface area contributed by atoms with E-state index in [1.54, 1.807) is 18.2 Å². The molecule has 1 aromatic carbocycles. The zero-order chi connectivity index (χ0) is 15.8. The third-order valence-electron chi connectivity index (χ3n) is 3.92. The van der Waals surface area contributed by atoms with Gasteiger partial charge in [0.15, 0.2) is 0 Å².